The van der Waals surface area contributed by atoms with E-state index < -0.39 is 17.7 Å². The maximum atomic E-state index is 12.8. The first-order valence-electron chi connectivity index (χ1n) is 8.74. The number of carbonyl (C=O) groups is 3. The second-order valence-corrected chi connectivity index (χ2v) is 7.72. The molecule has 0 aliphatic carbocycles. The molecular formula is C17H27ClN2O5. The third kappa shape index (κ3) is 5.23. The van der Waals surface area contributed by atoms with Crippen LogP contribution in [0.2, 0.25) is 0 Å². The smallest absolute Gasteiger partial charge is 0.410 e. The van der Waals surface area contributed by atoms with E-state index in [9.17, 15) is 14.4 Å². The van der Waals surface area contributed by atoms with Crippen LogP contribution in [-0.4, -0.2) is 65.1 Å². The highest BCUT2D eigenvalue weighted by Crippen LogP contribution is 2.25. The molecule has 0 aromatic heterocycles. The normalized spacial score (nSPS) is 22.0. The average molecular weight is 375 g/mol. The van der Waals surface area contributed by atoms with Crippen molar-refractivity contribution in [2.24, 2.45) is 5.92 Å². The summed E-state index contributed by atoms with van der Waals surface area (Å²) < 4.78 is 10.2. The standard InChI is InChI=1S/C17H27ClN2O5/c1-17(2,3)25-16(23)20-8-4-5-13(20)14(21)19-9-6-12(7-10-19)15(22)24-11-18/h12-13H,4-11H2,1-3H3/t13-/m0/s1. The minimum atomic E-state index is -0.589. The molecule has 142 valence electrons. The lowest BCUT2D eigenvalue weighted by Gasteiger charge is -2.35. The quantitative estimate of drug-likeness (QED) is 0.560. The first-order valence-corrected chi connectivity index (χ1v) is 9.27. The third-order valence-electron chi connectivity index (χ3n) is 4.50. The third-order valence-corrected chi connectivity index (χ3v) is 4.61. The number of rotatable bonds is 3. The van der Waals surface area contributed by atoms with Crippen LogP contribution >= 0.6 is 11.6 Å². The SMILES string of the molecule is CC(C)(C)OC(=O)N1CCC[C@H]1C(=O)N1CCC(C(=O)OCCl)CC1. The van der Waals surface area contributed by atoms with Gasteiger partial charge in [0.2, 0.25) is 5.91 Å². The molecule has 0 spiro atoms. The molecule has 0 N–H and O–H groups in total. The summed E-state index contributed by atoms with van der Waals surface area (Å²) in [6, 6.07) is -0.619. The lowest BCUT2D eigenvalue weighted by molar-refractivity contribution is -0.150. The molecule has 2 amide bonds. The van der Waals surface area contributed by atoms with E-state index >= 15 is 0 Å². The maximum absolute atomic E-state index is 12.8. The molecule has 1 atom stereocenters. The summed E-state index contributed by atoms with van der Waals surface area (Å²) in [5, 5.41) is 0. The Balaban J connectivity index is 1.92. The van der Waals surface area contributed by atoms with Gasteiger partial charge in [-0.25, -0.2) is 4.79 Å². The van der Waals surface area contributed by atoms with Crippen LogP contribution in [0.4, 0.5) is 4.79 Å². The summed E-state index contributed by atoms with van der Waals surface area (Å²) in [5.41, 5.74) is -0.589. The molecule has 2 saturated heterocycles. The van der Waals surface area contributed by atoms with Crippen molar-refractivity contribution in [3.63, 3.8) is 0 Å². The Kier molecular flexibility index (Phi) is 6.54. The predicted molar refractivity (Wildman–Crippen MR) is 92.1 cm³/mol. The second-order valence-electron chi connectivity index (χ2n) is 7.50. The number of hydrogen-bond acceptors (Lipinski definition) is 5. The number of esters is 1. The zero-order chi connectivity index (χ0) is 18.6. The largest absolute Gasteiger partial charge is 0.449 e. The molecule has 2 aliphatic rings. The van der Waals surface area contributed by atoms with Gasteiger partial charge in [0.05, 0.1) is 5.92 Å². The molecule has 7 nitrogen and oxygen atoms in total. The van der Waals surface area contributed by atoms with Gasteiger partial charge in [0.25, 0.3) is 0 Å². The van der Waals surface area contributed by atoms with E-state index in [1.807, 2.05) is 20.8 Å². The van der Waals surface area contributed by atoms with Crippen molar-refractivity contribution in [3.8, 4) is 0 Å². The molecule has 0 radical (unpaired) electrons. The van der Waals surface area contributed by atoms with E-state index in [2.05, 4.69) is 0 Å². The van der Waals surface area contributed by atoms with E-state index in [-0.39, 0.29) is 23.9 Å². The van der Waals surface area contributed by atoms with Gasteiger partial charge < -0.3 is 14.4 Å². The summed E-state index contributed by atoms with van der Waals surface area (Å²) in [6.45, 7) is 6.93. The van der Waals surface area contributed by atoms with Gasteiger partial charge in [-0.1, -0.05) is 11.6 Å². The van der Waals surface area contributed by atoms with Crippen LogP contribution in [0.5, 0.6) is 0 Å². The number of carbonyl (C=O) groups excluding carboxylic acids is 3. The van der Waals surface area contributed by atoms with Crippen molar-refractivity contribution in [2.45, 2.75) is 58.1 Å². The molecule has 0 aromatic rings. The first kappa shape index (κ1) is 19.8. The highest BCUT2D eigenvalue weighted by molar-refractivity contribution is 6.17. The van der Waals surface area contributed by atoms with Crippen LogP contribution in [0, 0.1) is 5.92 Å². The summed E-state index contributed by atoms with van der Waals surface area (Å²) in [6.07, 6.45) is 2.10. The molecule has 2 aliphatic heterocycles. The zero-order valence-corrected chi connectivity index (χ0v) is 15.9. The Labute approximate surface area is 153 Å². The van der Waals surface area contributed by atoms with Gasteiger partial charge in [-0.2, -0.15) is 0 Å². The lowest BCUT2D eigenvalue weighted by atomic mass is 9.96. The molecule has 2 heterocycles. The Morgan fingerprint density at radius 1 is 1.08 bits per heavy atom. The van der Waals surface area contributed by atoms with E-state index in [4.69, 9.17) is 21.1 Å². The van der Waals surface area contributed by atoms with E-state index in [1.54, 1.807) is 4.90 Å². The summed E-state index contributed by atoms with van der Waals surface area (Å²) in [5.74, 6) is -0.584. The number of nitrogens with zero attached hydrogens (tertiary/aromatic N) is 2. The van der Waals surface area contributed by atoms with Crippen molar-refractivity contribution in [2.75, 3.05) is 25.7 Å². The molecular weight excluding hydrogens is 348 g/mol. The average Bonchev–Trinajstić information content (AvgIpc) is 3.02. The van der Waals surface area contributed by atoms with Gasteiger partial charge in [0.1, 0.15) is 11.6 Å². The van der Waals surface area contributed by atoms with Crippen molar-refractivity contribution >= 4 is 29.6 Å². The fraction of sp³-hybridized carbons (Fsp3) is 0.824. The van der Waals surface area contributed by atoms with Crippen molar-refractivity contribution in [1.82, 2.24) is 9.80 Å². The zero-order valence-electron chi connectivity index (χ0n) is 15.1. The van der Waals surface area contributed by atoms with Crippen molar-refractivity contribution < 1.29 is 23.9 Å². The van der Waals surface area contributed by atoms with Crippen molar-refractivity contribution in [1.29, 1.82) is 0 Å². The number of hydrogen-bond donors (Lipinski definition) is 0. The maximum Gasteiger partial charge on any atom is 0.410 e. The number of likely N-dealkylation sites (tertiary alicyclic amines) is 2. The highest BCUT2D eigenvalue weighted by atomic mass is 35.5. The Hall–Kier alpha value is -1.50. The molecule has 0 bridgehead atoms. The fourth-order valence-electron chi connectivity index (χ4n) is 3.28. The van der Waals surface area contributed by atoms with Crippen LogP contribution in [-0.2, 0) is 19.1 Å². The topological polar surface area (TPSA) is 76.2 Å². The Morgan fingerprint density at radius 3 is 2.28 bits per heavy atom. The predicted octanol–water partition coefficient (Wildman–Crippen LogP) is 2.36. The second kappa shape index (κ2) is 8.25. The summed E-state index contributed by atoms with van der Waals surface area (Å²) in [4.78, 5) is 40.1. The molecule has 0 saturated carbocycles. The van der Waals surface area contributed by atoms with Crippen LogP contribution in [0.15, 0.2) is 0 Å². The summed E-state index contributed by atoms with van der Waals surface area (Å²) >= 11 is 5.42. The molecule has 2 fully saturated rings. The molecule has 25 heavy (non-hydrogen) atoms. The Bertz CT molecular complexity index is 512. The monoisotopic (exact) mass is 374 g/mol. The van der Waals surface area contributed by atoms with Gasteiger partial charge >= 0.3 is 12.1 Å². The van der Waals surface area contributed by atoms with Crippen LogP contribution in [0.1, 0.15) is 46.5 Å². The van der Waals surface area contributed by atoms with Crippen LogP contribution < -0.4 is 0 Å². The van der Waals surface area contributed by atoms with Crippen molar-refractivity contribution in [3.05, 3.63) is 0 Å². The lowest BCUT2D eigenvalue weighted by Crippen LogP contribution is -2.51. The first-order chi connectivity index (χ1) is 11.7. The van der Waals surface area contributed by atoms with E-state index in [1.165, 1.54) is 4.90 Å². The van der Waals surface area contributed by atoms with E-state index in [0.717, 1.165) is 6.42 Å². The number of alkyl halides is 1. The number of amides is 2. The van der Waals surface area contributed by atoms with Gasteiger partial charge in [0, 0.05) is 19.6 Å². The fourth-order valence-corrected chi connectivity index (χ4v) is 3.39. The number of piperidine rings is 1. The highest BCUT2D eigenvalue weighted by Gasteiger charge is 2.40. The number of ether oxygens (including phenoxy) is 2. The Morgan fingerprint density at radius 2 is 1.72 bits per heavy atom. The molecule has 0 aromatic carbocycles. The van der Waals surface area contributed by atoms with Crippen LogP contribution in [0.25, 0.3) is 0 Å². The minimum absolute atomic E-state index is 0.0625. The number of halogens is 1. The molecule has 8 heteroatoms. The van der Waals surface area contributed by atoms with Crippen LogP contribution in [0.3, 0.4) is 0 Å². The molecule has 0 unspecified atom stereocenters. The van der Waals surface area contributed by atoms with Gasteiger partial charge in [-0.15, -0.1) is 0 Å². The van der Waals surface area contributed by atoms with Gasteiger partial charge in [-0.05, 0) is 46.5 Å². The van der Waals surface area contributed by atoms with Gasteiger partial charge in [-0.3, -0.25) is 14.5 Å². The van der Waals surface area contributed by atoms with E-state index in [0.29, 0.717) is 38.9 Å². The van der Waals surface area contributed by atoms with Gasteiger partial charge in [0.15, 0.2) is 6.07 Å². The molecule has 2 rings (SSSR count). The summed E-state index contributed by atoms with van der Waals surface area (Å²) in [7, 11) is 0. The minimum Gasteiger partial charge on any atom is -0.449 e.